The first-order chi connectivity index (χ1) is 11.7. The van der Waals surface area contributed by atoms with Gasteiger partial charge in [0.15, 0.2) is 5.78 Å². The molecule has 0 saturated heterocycles. The SMILES string of the molecule is COc1ccc([C@@H](CC(=O)c2ccccc2)[C@@H]2C=CC(=O)O2)cc1. The van der Waals surface area contributed by atoms with Crippen LogP contribution in [-0.4, -0.2) is 25.0 Å². The molecule has 0 amide bonds. The fourth-order valence-electron chi connectivity index (χ4n) is 2.82. The Bertz CT molecular complexity index is 747. The number of ketones is 1. The van der Waals surface area contributed by atoms with Gasteiger partial charge in [-0.15, -0.1) is 0 Å². The van der Waals surface area contributed by atoms with E-state index in [0.717, 1.165) is 11.3 Å². The van der Waals surface area contributed by atoms with E-state index in [2.05, 4.69) is 0 Å². The Morgan fingerprint density at radius 2 is 1.83 bits per heavy atom. The zero-order chi connectivity index (χ0) is 16.9. The summed E-state index contributed by atoms with van der Waals surface area (Å²) in [6, 6.07) is 16.6. The van der Waals surface area contributed by atoms with Gasteiger partial charge in [0.1, 0.15) is 11.9 Å². The molecule has 0 aliphatic carbocycles. The molecule has 1 heterocycles. The number of Topliss-reactive ketones (excluding diaryl/α,β-unsaturated/α-hetero) is 1. The first kappa shape index (κ1) is 16.0. The van der Waals surface area contributed by atoms with Gasteiger partial charge in [0.25, 0.3) is 0 Å². The Morgan fingerprint density at radius 1 is 1.12 bits per heavy atom. The minimum atomic E-state index is -0.432. The standard InChI is InChI=1S/C20H18O4/c1-23-16-9-7-14(8-10-16)17(19-11-12-20(22)24-19)13-18(21)15-5-3-2-4-6-15/h2-12,17,19H,13H2,1H3/t17-,19+/m1/s1. The van der Waals surface area contributed by atoms with Gasteiger partial charge in [0, 0.05) is 24.0 Å². The Morgan fingerprint density at radius 3 is 2.42 bits per heavy atom. The number of benzene rings is 2. The fraction of sp³-hybridized carbons (Fsp3) is 0.200. The van der Waals surface area contributed by atoms with Crippen LogP contribution in [0.1, 0.15) is 28.3 Å². The highest BCUT2D eigenvalue weighted by molar-refractivity contribution is 5.96. The predicted molar refractivity (Wildman–Crippen MR) is 90.1 cm³/mol. The minimum absolute atomic E-state index is 0.0211. The normalized spacial score (nSPS) is 17.4. The summed E-state index contributed by atoms with van der Waals surface area (Å²) in [5, 5.41) is 0. The molecule has 2 aromatic rings. The highest BCUT2D eigenvalue weighted by Gasteiger charge is 2.30. The van der Waals surface area contributed by atoms with Crippen LogP contribution in [-0.2, 0) is 9.53 Å². The van der Waals surface area contributed by atoms with Gasteiger partial charge in [0.2, 0.25) is 0 Å². The lowest BCUT2D eigenvalue weighted by molar-refractivity contribution is -0.139. The highest BCUT2D eigenvalue weighted by atomic mass is 16.5. The van der Waals surface area contributed by atoms with Crippen LogP contribution in [0.2, 0.25) is 0 Å². The molecule has 0 N–H and O–H groups in total. The summed E-state index contributed by atoms with van der Waals surface area (Å²) in [5.41, 5.74) is 1.59. The monoisotopic (exact) mass is 322 g/mol. The van der Waals surface area contributed by atoms with Gasteiger partial charge < -0.3 is 9.47 Å². The van der Waals surface area contributed by atoms with Gasteiger partial charge in [-0.1, -0.05) is 42.5 Å². The van der Waals surface area contributed by atoms with E-state index in [9.17, 15) is 9.59 Å². The number of ether oxygens (including phenoxy) is 2. The van der Waals surface area contributed by atoms with E-state index in [4.69, 9.17) is 9.47 Å². The first-order valence-corrected chi connectivity index (χ1v) is 7.78. The lowest BCUT2D eigenvalue weighted by atomic mass is 9.87. The van der Waals surface area contributed by atoms with Crippen LogP contribution in [0.15, 0.2) is 66.7 Å². The second kappa shape index (κ2) is 7.13. The van der Waals surface area contributed by atoms with Crippen molar-refractivity contribution in [3.05, 3.63) is 77.9 Å². The van der Waals surface area contributed by atoms with Gasteiger partial charge >= 0.3 is 5.97 Å². The summed E-state index contributed by atoms with van der Waals surface area (Å²) in [4.78, 5) is 24.0. The first-order valence-electron chi connectivity index (χ1n) is 7.78. The molecular formula is C20H18O4. The van der Waals surface area contributed by atoms with Gasteiger partial charge in [-0.2, -0.15) is 0 Å². The van der Waals surface area contributed by atoms with E-state index < -0.39 is 6.10 Å². The number of esters is 1. The molecule has 0 aromatic heterocycles. The molecule has 0 radical (unpaired) electrons. The average Bonchev–Trinajstić information content (AvgIpc) is 3.06. The van der Waals surface area contributed by atoms with Crippen LogP contribution in [0.4, 0.5) is 0 Å². The zero-order valence-corrected chi connectivity index (χ0v) is 13.3. The lowest BCUT2D eigenvalue weighted by Gasteiger charge is -2.22. The largest absolute Gasteiger partial charge is 0.497 e. The number of hydrogen-bond donors (Lipinski definition) is 0. The summed E-state index contributed by atoms with van der Waals surface area (Å²) < 4.78 is 10.5. The summed E-state index contributed by atoms with van der Waals surface area (Å²) >= 11 is 0. The molecule has 0 saturated carbocycles. The molecule has 1 aliphatic heterocycles. The van der Waals surface area contributed by atoms with Crippen molar-refractivity contribution < 1.29 is 19.1 Å². The third-order valence-electron chi connectivity index (χ3n) is 4.12. The number of carbonyl (C=O) groups is 2. The quantitative estimate of drug-likeness (QED) is 0.603. The van der Waals surface area contributed by atoms with E-state index in [1.807, 2.05) is 42.5 Å². The average molecular weight is 322 g/mol. The Hall–Kier alpha value is -2.88. The molecule has 0 unspecified atom stereocenters. The Kier molecular flexibility index (Phi) is 4.75. The Balaban J connectivity index is 1.85. The zero-order valence-electron chi connectivity index (χ0n) is 13.3. The smallest absolute Gasteiger partial charge is 0.331 e. The third-order valence-corrected chi connectivity index (χ3v) is 4.12. The topological polar surface area (TPSA) is 52.6 Å². The van der Waals surface area contributed by atoms with E-state index >= 15 is 0 Å². The van der Waals surface area contributed by atoms with Crippen molar-refractivity contribution in [3.63, 3.8) is 0 Å². The fourth-order valence-corrected chi connectivity index (χ4v) is 2.82. The number of rotatable bonds is 6. The molecule has 0 spiro atoms. The number of carbonyl (C=O) groups excluding carboxylic acids is 2. The Labute approximate surface area is 140 Å². The molecule has 0 bridgehead atoms. The summed E-state index contributed by atoms with van der Waals surface area (Å²) in [5.74, 6) is 0.163. The van der Waals surface area contributed by atoms with Crippen molar-refractivity contribution in [2.45, 2.75) is 18.4 Å². The maximum atomic E-state index is 12.6. The predicted octanol–water partition coefficient (Wildman–Crippen LogP) is 3.53. The molecule has 24 heavy (non-hydrogen) atoms. The molecule has 2 atom stereocenters. The van der Waals surface area contributed by atoms with E-state index in [1.54, 1.807) is 25.3 Å². The maximum Gasteiger partial charge on any atom is 0.331 e. The van der Waals surface area contributed by atoms with E-state index in [1.165, 1.54) is 6.08 Å². The number of cyclic esters (lactones) is 1. The van der Waals surface area contributed by atoms with Gasteiger partial charge in [-0.25, -0.2) is 4.79 Å². The molecule has 4 heteroatoms. The number of hydrogen-bond acceptors (Lipinski definition) is 4. The molecule has 3 rings (SSSR count). The third kappa shape index (κ3) is 3.54. The van der Waals surface area contributed by atoms with Crippen LogP contribution >= 0.6 is 0 Å². The second-order valence-corrected chi connectivity index (χ2v) is 5.63. The molecule has 1 aliphatic rings. The molecule has 2 aromatic carbocycles. The summed E-state index contributed by atoms with van der Waals surface area (Å²) in [6.45, 7) is 0. The van der Waals surface area contributed by atoms with Gasteiger partial charge in [0.05, 0.1) is 7.11 Å². The molecular weight excluding hydrogens is 304 g/mol. The van der Waals surface area contributed by atoms with Gasteiger partial charge in [-0.3, -0.25) is 4.79 Å². The minimum Gasteiger partial charge on any atom is -0.497 e. The summed E-state index contributed by atoms with van der Waals surface area (Å²) in [6.07, 6.45) is 2.96. The van der Waals surface area contributed by atoms with Crippen molar-refractivity contribution in [2.24, 2.45) is 0 Å². The van der Waals surface area contributed by atoms with Gasteiger partial charge in [-0.05, 0) is 23.8 Å². The van der Waals surface area contributed by atoms with Crippen molar-refractivity contribution >= 4 is 11.8 Å². The van der Waals surface area contributed by atoms with Crippen LogP contribution in [0.5, 0.6) is 5.75 Å². The van der Waals surface area contributed by atoms with Crippen molar-refractivity contribution in [2.75, 3.05) is 7.11 Å². The molecule has 0 fully saturated rings. The van der Waals surface area contributed by atoms with Crippen LogP contribution in [0.3, 0.4) is 0 Å². The lowest BCUT2D eigenvalue weighted by Crippen LogP contribution is -2.21. The summed E-state index contributed by atoms with van der Waals surface area (Å²) in [7, 11) is 1.60. The second-order valence-electron chi connectivity index (χ2n) is 5.63. The molecule has 4 nitrogen and oxygen atoms in total. The van der Waals surface area contributed by atoms with Crippen molar-refractivity contribution in [1.29, 1.82) is 0 Å². The maximum absolute atomic E-state index is 12.6. The number of methoxy groups -OCH3 is 1. The van der Waals surface area contributed by atoms with E-state index in [0.29, 0.717) is 5.56 Å². The van der Waals surface area contributed by atoms with Crippen LogP contribution < -0.4 is 4.74 Å². The van der Waals surface area contributed by atoms with E-state index in [-0.39, 0.29) is 24.1 Å². The highest BCUT2D eigenvalue weighted by Crippen LogP contribution is 2.31. The van der Waals surface area contributed by atoms with Crippen LogP contribution in [0.25, 0.3) is 0 Å². The molecule has 122 valence electrons. The van der Waals surface area contributed by atoms with Crippen LogP contribution in [0, 0.1) is 0 Å². The van der Waals surface area contributed by atoms with Crippen molar-refractivity contribution in [3.8, 4) is 5.75 Å². The van der Waals surface area contributed by atoms with Crippen molar-refractivity contribution in [1.82, 2.24) is 0 Å².